The third-order valence-corrected chi connectivity index (χ3v) is 7.23. The third kappa shape index (κ3) is 18.2. The summed E-state index contributed by atoms with van der Waals surface area (Å²) in [6, 6.07) is 12.3. The van der Waals surface area contributed by atoms with E-state index in [2.05, 4.69) is 42.1 Å². The van der Waals surface area contributed by atoms with E-state index in [-0.39, 0.29) is 4.90 Å². The van der Waals surface area contributed by atoms with Gasteiger partial charge >= 0.3 is 0 Å². The SMILES string of the molecule is CCCCCCCCCCCCCCCCCC[n+]1ccccc1.Cc1ccc(S(=O)(=O)O)cc1. The van der Waals surface area contributed by atoms with Crippen LogP contribution in [0.2, 0.25) is 0 Å². The molecule has 0 radical (unpaired) electrons. The van der Waals surface area contributed by atoms with Gasteiger partial charge in [0.25, 0.3) is 10.1 Å². The summed E-state index contributed by atoms with van der Waals surface area (Å²) >= 11 is 0. The molecule has 1 aromatic carbocycles. The van der Waals surface area contributed by atoms with Gasteiger partial charge in [-0.05, 0) is 25.5 Å². The molecule has 0 aliphatic rings. The van der Waals surface area contributed by atoms with E-state index >= 15 is 0 Å². The average Bonchev–Trinajstić information content (AvgIpc) is 2.84. The van der Waals surface area contributed by atoms with Crippen molar-refractivity contribution in [1.29, 1.82) is 0 Å². The largest absolute Gasteiger partial charge is 0.294 e. The van der Waals surface area contributed by atoms with Crippen LogP contribution in [0.3, 0.4) is 0 Å². The molecule has 0 amide bonds. The van der Waals surface area contributed by atoms with Gasteiger partial charge in [0.15, 0.2) is 12.4 Å². The van der Waals surface area contributed by atoms with Gasteiger partial charge in [-0.15, -0.1) is 0 Å². The lowest BCUT2D eigenvalue weighted by Crippen LogP contribution is -2.32. The van der Waals surface area contributed by atoms with Crippen LogP contribution in [-0.2, 0) is 16.7 Å². The van der Waals surface area contributed by atoms with Crippen LogP contribution in [0.1, 0.15) is 115 Å². The first-order valence-corrected chi connectivity index (χ1v) is 15.4. The van der Waals surface area contributed by atoms with E-state index < -0.39 is 10.1 Å². The molecular formula is C30H50NO3S+. The number of aryl methyl sites for hydroxylation is 2. The molecule has 1 heterocycles. The monoisotopic (exact) mass is 504 g/mol. The molecule has 0 fully saturated rings. The molecule has 0 aliphatic carbocycles. The van der Waals surface area contributed by atoms with Gasteiger partial charge in [0.1, 0.15) is 6.54 Å². The molecule has 2 aromatic rings. The Kier molecular flexibility index (Phi) is 18.3. The quantitative estimate of drug-likeness (QED) is 0.126. The summed E-state index contributed by atoms with van der Waals surface area (Å²) in [5.74, 6) is 0. The van der Waals surface area contributed by atoms with Crippen molar-refractivity contribution in [3.05, 3.63) is 60.4 Å². The molecule has 4 nitrogen and oxygen atoms in total. The second-order valence-corrected chi connectivity index (χ2v) is 11.1. The van der Waals surface area contributed by atoms with Gasteiger partial charge in [-0.1, -0.05) is 121 Å². The molecule has 0 saturated carbocycles. The minimum Gasteiger partial charge on any atom is -0.282 e. The Morgan fingerprint density at radius 2 is 1.03 bits per heavy atom. The first-order valence-electron chi connectivity index (χ1n) is 13.9. The van der Waals surface area contributed by atoms with E-state index in [1.807, 2.05) is 6.92 Å². The Bertz CT molecular complexity index is 836. The Labute approximate surface area is 215 Å². The molecule has 5 heteroatoms. The number of benzene rings is 1. The van der Waals surface area contributed by atoms with Crippen LogP contribution in [0.5, 0.6) is 0 Å². The summed E-state index contributed by atoms with van der Waals surface area (Å²) in [6.45, 7) is 5.32. The fourth-order valence-corrected chi connectivity index (χ4v) is 4.62. The zero-order chi connectivity index (χ0) is 25.6. The predicted molar refractivity (Wildman–Crippen MR) is 147 cm³/mol. The normalized spacial score (nSPS) is 11.2. The first-order chi connectivity index (χ1) is 16.9. The molecule has 2 rings (SSSR count). The standard InChI is InChI=1S/C23H42N.C7H8O3S/c1-2-3-4-5-6-7-8-9-10-11-12-13-14-15-16-18-21-24-22-19-17-20-23-24;1-6-2-4-7(5-3-6)11(8,9)10/h17,19-20,22-23H,2-16,18,21H2,1H3;2-5H,1H3,(H,8,9,10)/q+1;. The maximum absolute atomic E-state index is 10.5. The summed E-state index contributed by atoms with van der Waals surface area (Å²) in [6.07, 6.45) is 27.4. The van der Waals surface area contributed by atoms with Crippen molar-refractivity contribution >= 4 is 10.1 Å². The molecule has 0 spiro atoms. The van der Waals surface area contributed by atoms with Crippen LogP contribution >= 0.6 is 0 Å². The highest BCUT2D eigenvalue weighted by atomic mass is 32.2. The summed E-state index contributed by atoms with van der Waals surface area (Å²) in [5, 5.41) is 0. The van der Waals surface area contributed by atoms with Gasteiger partial charge in [0, 0.05) is 18.6 Å². The van der Waals surface area contributed by atoms with E-state index in [1.54, 1.807) is 12.1 Å². The van der Waals surface area contributed by atoms with Crippen molar-refractivity contribution in [3.63, 3.8) is 0 Å². The predicted octanol–water partition coefficient (Wildman–Crippen LogP) is 8.48. The highest BCUT2D eigenvalue weighted by Crippen LogP contribution is 2.13. The van der Waals surface area contributed by atoms with Crippen molar-refractivity contribution in [2.24, 2.45) is 0 Å². The first kappa shape index (κ1) is 31.3. The summed E-state index contributed by atoms with van der Waals surface area (Å²) in [7, 11) is -4.02. The summed E-state index contributed by atoms with van der Waals surface area (Å²) in [4.78, 5) is -0.0666. The number of pyridine rings is 1. The number of hydrogen-bond acceptors (Lipinski definition) is 2. The van der Waals surface area contributed by atoms with Crippen molar-refractivity contribution in [2.75, 3.05) is 0 Å². The molecule has 0 saturated heterocycles. The van der Waals surface area contributed by atoms with Crippen LogP contribution in [0.15, 0.2) is 59.8 Å². The minimum atomic E-state index is -4.02. The third-order valence-electron chi connectivity index (χ3n) is 6.37. The van der Waals surface area contributed by atoms with Gasteiger partial charge in [-0.3, -0.25) is 4.55 Å². The number of rotatable bonds is 18. The fraction of sp³-hybridized carbons (Fsp3) is 0.633. The molecule has 1 aromatic heterocycles. The van der Waals surface area contributed by atoms with Crippen LogP contribution in [0.4, 0.5) is 0 Å². The smallest absolute Gasteiger partial charge is 0.282 e. The minimum absolute atomic E-state index is 0.0666. The Balaban J connectivity index is 0.000000462. The highest BCUT2D eigenvalue weighted by Gasteiger charge is 2.06. The second-order valence-electron chi connectivity index (χ2n) is 9.70. The molecule has 1 N–H and O–H groups in total. The van der Waals surface area contributed by atoms with E-state index in [1.165, 1.54) is 121 Å². The van der Waals surface area contributed by atoms with E-state index in [4.69, 9.17) is 4.55 Å². The average molecular weight is 505 g/mol. The molecule has 198 valence electrons. The van der Waals surface area contributed by atoms with E-state index in [0.29, 0.717) is 0 Å². The maximum atomic E-state index is 10.5. The molecule has 35 heavy (non-hydrogen) atoms. The number of unbranched alkanes of at least 4 members (excludes halogenated alkanes) is 15. The molecule has 0 atom stereocenters. The summed E-state index contributed by atoms with van der Waals surface area (Å²) in [5.41, 5.74) is 0.956. The van der Waals surface area contributed by atoms with Crippen molar-refractivity contribution in [3.8, 4) is 0 Å². The lowest BCUT2D eigenvalue weighted by molar-refractivity contribution is -0.697. The number of hydrogen-bond donors (Lipinski definition) is 1. The molecule has 0 unspecified atom stereocenters. The topological polar surface area (TPSA) is 58.2 Å². The lowest BCUT2D eigenvalue weighted by atomic mass is 10.0. The fourth-order valence-electron chi connectivity index (χ4n) is 4.14. The zero-order valence-corrected chi connectivity index (χ0v) is 23.2. The van der Waals surface area contributed by atoms with Crippen molar-refractivity contribution < 1.29 is 17.5 Å². The summed E-state index contributed by atoms with van der Waals surface area (Å²) < 4.78 is 31.8. The lowest BCUT2D eigenvalue weighted by Gasteiger charge is -2.03. The van der Waals surface area contributed by atoms with Gasteiger partial charge in [-0.2, -0.15) is 8.42 Å². The molecule has 0 bridgehead atoms. The van der Waals surface area contributed by atoms with Gasteiger partial charge in [0.2, 0.25) is 0 Å². The van der Waals surface area contributed by atoms with Crippen LogP contribution < -0.4 is 4.57 Å². The Morgan fingerprint density at radius 3 is 1.43 bits per heavy atom. The van der Waals surface area contributed by atoms with Gasteiger partial charge < -0.3 is 0 Å². The van der Waals surface area contributed by atoms with Crippen LogP contribution in [-0.4, -0.2) is 13.0 Å². The van der Waals surface area contributed by atoms with Crippen molar-refractivity contribution in [2.45, 2.75) is 128 Å². The van der Waals surface area contributed by atoms with Gasteiger partial charge in [0.05, 0.1) is 4.90 Å². The molecular weight excluding hydrogens is 454 g/mol. The zero-order valence-electron chi connectivity index (χ0n) is 22.3. The number of nitrogens with zero attached hydrogens (tertiary/aromatic N) is 1. The van der Waals surface area contributed by atoms with Crippen molar-refractivity contribution in [1.82, 2.24) is 0 Å². The molecule has 0 aliphatic heterocycles. The Morgan fingerprint density at radius 1 is 0.629 bits per heavy atom. The van der Waals surface area contributed by atoms with E-state index in [0.717, 1.165) is 5.56 Å². The van der Waals surface area contributed by atoms with Crippen LogP contribution in [0, 0.1) is 6.92 Å². The van der Waals surface area contributed by atoms with Gasteiger partial charge in [-0.25, -0.2) is 4.57 Å². The van der Waals surface area contributed by atoms with E-state index in [9.17, 15) is 8.42 Å². The highest BCUT2D eigenvalue weighted by molar-refractivity contribution is 7.85. The second kappa shape index (κ2) is 20.5. The van der Waals surface area contributed by atoms with Crippen LogP contribution in [0.25, 0.3) is 0 Å². The number of aromatic nitrogens is 1. The maximum Gasteiger partial charge on any atom is 0.294 e. The Hall–Kier alpha value is -1.72.